The van der Waals surface area contributed by atoms with Gasteiger partial charge in [-0.05, 0) is 37.6 Å². The van der Waals surface area contributed by atoms with Crippen LogP contribution in [-0.4, -0.2) is 38.4 Å². The summed E-state index contributed by atoms with van der Waals surface area (Å²) in [5, 5.41) is 0. The first-order chi connectivity index (χ1) is 11.8. The average Bonchev–Trinajstić information content (AvgIpc) is 3.26. The van der Waals surface area contributed by atoms with Crippen molar-refractivity contribution >= 4 is 17.1 Å². The second kappa shape index (κ2) is 6.07. The maximum atomic E-state index is 12.6. The predicted molar refractivity (Wildman–Crippen MR) is 92.9 cm³/mol. The van der Waals surface area contributed by atoms with E-state index in [1.54, 1.807) is 6.20 Å². The first-order valence-electron chi connectivity index (χ1n) is 8.43. The highest BCUT2D eigenvalue weighted by Crippen LogP contribution is 2.29. The SMILES string of the molecule is CCn1c(C2CCN(C(=O)c3ccccc3)C2)nc2cccnc21. The van der Waals surface area contributed by atoms with Crippen LogP contribution in [0.1, 0.15) is 35.4 Å². The van der Waals surface area contributed by atoms with Crippen molar-refractivity contribution in [2.75, 3.05) is 13.1 Å². The molecular formula is C19H20N4O. The lowest BCUT2D eigenvalue weighted by atomic mass is 10.1. The quantitative estimate of drug-likeness (QED) is 0.745. The number of rotatable bonds is 3. The molecule has 0 saturated carbocycles. The van der Waals surface area contributed by atoms with Crippen molar-refractivity contribution in [2.45, 2.75) is 25.8 Å². The van der Waals surface area contributed by atoms with Crippen molar-refractivity contribution < 1.29 is 4.79 Å². The maximum absolute atomic E-state index is 12.6. The van der Waals surface area contributed by atoms with Gasteiger partial charge in [0.05, 0.1) is 0 Å². The lowest BCUT2D eigenvalue weighted by Gasteiger charge is -2.17. The molecule has 0 aliphatic carbocycles. The molecule has 1 aromatic carbocycles. The minimum atomic E-state index is 0.107. The Morgan fingerprint density at radius 3 is 2.83 bits per heavy atom. The molecule has 0 N–H and O–H groups in total. The Labute approximate surface area is 140 Å². The molecule has 24 heavy (non-hydrogen) atoms. The highest BCUT2D eigenvalue weighted by atomic mass is 16.2. The van der Waals surface area contributed by atoms with E-state index in [-0.39, 0.29) is 11.8 Å². The van der Waals surface area contributed by atoms with Crippen LogP contribution in [0.4, 0.5) is 0 Å². The Balaban J connectivity index is 1.60. The molecule has 2 aromatic heterocycles. The number of amides is 1. The fraction of sp³-hybridized carbons (Fsp3) is 0.316. The van der Waals surface area contributed by atoms with E-state index in [1.165, 1.54) is 0 Å². The predicted octanol–water partition coefficient (Wildman–Crippen LogP) is 3.08. The molecule has 1 atom stereocenters. The van der Waals surface area contributed by atoms with Crippen LogP contribution >= 0.6 is 0 Å². The van der Waals surface area contributed by atoms with E-state index in [2.05, 4.69) is 16.5 Å². The largest absolute Gasteiger partial charge is 0.338 e. The van der Waals surface area contributed by atoms with E-state index >= 15 is 0 Å². The number of hydrogen-bond acceptors (Lipinski definition) is 3. The monoisotopic (exact) mass is 320 g/mol. The Bertz CT molecular complexity index is 871. The number of carbonyl (C=O) groups excluding carboxylic acids is 1. The van der Waals surface area contributed by atoms with Crippen LogP contribution in [0.5, 0.6) is 0 Å². The highest BCUT2D eigenvalue weighted by molar-refractivity contribution is 5.94. The summed E-state index contributed by atoms with van der Waals surface area (Å²) in [5.74, 6) is 1.43. The fourth-order valence-corrected chi connectivity index (χ4v) is 3.52. The summed E-state index contributed by atoms with van der Waals surface area (Å²) < 4.78 is 2.18. The standard InChI is InChI=1S/C19H20N4O/c1-2-23-17(21-16-9-6-11-20-18(16)23)15-10-12-22(13-15)19(24)14-7-4-3-5-8-14/h3-9,11,15H,2,10,12-13H2,1H3. The molecule has 1 unspecified atom stereocenters. The third-order valence-corrected chi connectivity index (χ3v) is 4.71. The molecule has 1 amide bonds. The van der Waals surface area contributed by atoms with Crippen molar-refractivity contribution in [3.05, 3.63) is 60.0 Å². The highest BCUT2D eigenvalue weighted by Gasteiger charge is 2.31. The summed E-state index contributed by atoms with van der Waals surface area (Å²) in [4.78, 5) is 23.8. The van der Waals surface area contributed by atoms with Gasteiger partial charge in [0, 0.05) is 37.3 Å². The lowest BCUT2D eigenvalue weighted by Crippen LogP contribution is -2.28. The van der Waals surface area contributed by atoms with Gasteiger partial charge < -0.3 is 9.47 Å². The normalized spacial score (nSPS) is 17.5. The molecule has 1 fully saturated rings. The van der Waals surface area contributed by atoms with Crippen LogP contribution in [0.15, 0.2) is 48.7 Å². The number of carbonyl (C=O) groups is 1. The summed E-state index contributed by atoms with van der Waals surface area (Å²) in [6.45, 7) is 4.45. The van der Waals surface area contributed by atoms with Gasteiger partial charge in [-0.1, -0.05) is 18.2 Å². The Hall–Kier alpha value is -2.69. The van der Waals surface area contributed by atoms with Gasteiger partial charge in [0.15, 0.2) is 5.65 Å². The topological polar surface area (TPSA) is 51.0 Å². The van der Waals surface area contributed by atoms with E-state index < -0.39 is 0 Å². The van der Waals surface area contributed by atoms with Gasteiger partial charge in [-0.25, -0.2) is 9.97 Å². The third-order valence-electron chi connectivity index (χ3n) is 4.71. The van der Waals surface area contributed by atoms with E-state index in [9.17, 15) is 4.79 Å². The Morgan fingerprint density at radius 1 is 1.21 bits per heavy atom. The molecule has 5 heteroatoms. The number of fused-ring (bicyclic) bond motifs is 1. The van der Waals surface area contributed by atoms with Crippen LogP contribution in [0.3, 0.4) is 0 Å². The number of hydrogen-bond donors (Lipinski definition) is 0. The van der Waals surface area contributed by atoms with Crippen LogP contribution < -0.4 is 0 Å². The van der Waals surface area contributed by atoms with E-state index in [0.717, 1.165) is 48.6 Å². The molecule has 1 saturated heterocycles. The third kappa shape index (κ3) is 2.46. The second-order valence-electron chi connectivity index (χ2n) is 6.16. The molecule has 0 bridgehead atoms. The smallest absolute Gasteiger partial charge is 0.253 e. The summed E-state index contributed by atoms with van der Waals surface area (Å²) in [7, 11) is 0. The number of benzene rings is 1. The van der Waals surface area contributed by atoms with Crippen molar-refractivity contribution in [3.8, 4) is 0 Å². The number of imidazole rings is 1. The number of aromatic nitrogens is 3. The minimum absolute atomic E-state index is 0.107. The van der Waals surface area contributed by atoms with E-state index in [1.807, 2.05) is 47.4 Å². The number of pyridine rings is 1. The first kappa shape index (κ1) is 14.9. The summed E-state index contributed by atoms with van der Waals surface area (Å²) in [6, 6.07) is 13.4. The molecule has 122 valence electrons. The summed E-state index contributed by atoms with van der Waals surface area (Å²) in [5.41, 5.74) is 2.62. The Morgan fingerprint density at radius 2 is 2.04 bits per heavy atom. The maximum Gasteiger partial charge on any atom is 0.253 e. The van der Waals surface area contributed by atoms with E-state index in [4.69, 9.17) is 4.98 Å². The zero-order chi connectivity index (χ0) is 16.5. The lowest BCUT2D eigenvalue weighted by molar-refractivity contribution is 0.0790. The molecular weight excluding hydrogens is 300 g/mol. The zero-order valence-electron chi connectivity index (χ0n) is 13.7. The Kier molecular flexibility index (Phi) is 3.76. The van der Waals surface area contributed by atoms with Gasteiger partial charge in [-0.3, -0.25) is 4.79 Å². The number of nitrogens with zero attached hydrogens (tertiary/aromatic N) is 4. The van der Waals surface area contributed by atoms with Gasteiger partial charge in [-0.15, -0.1) is 0 Å². The molecule has 0 radical (unpaired) electrons. The fourth-order valence-electron chi connectivity index (χ4n) is 3.52. The van der Waals surface area contributed by atoms with Crippen molar-refractivity contribution in [1.29, 1.82) is 0 Å². The summed E-state index contributed by atoms with van der Waals surface area (Å²) in [6.07, 6.45) is 2.75. The summed E-state index contributed by atoms with van der Waals surface area (Å²) >= 11 is 0. The molecule has 1 aliphatic heterocycles. The second-order valence-corrected chi connectivity index (χ2v) is 6.16. The van der Waals surface area contributed by atoms with Crippen molar-refractivity contribution in [2.24, 2.45) is 0 Å². The van der Waals surface area contributed by atoms with Crippen LogP contribution in [0, 0.1) is 0 Å². The molecule has 0 spiro atoms. The first-order valence-corrected chi connectivity index (χ1v) is 8.43. The van der Waals surface area contributed by atoms with Gasteiger partial charge in [0.2, 0.25) is 0 Å². The minimum Gasteiger partial charge on any atom is -0.338 e. The molecule has 1 aliphatic rings. The van der Waals surface area contributed by atoms with Crippen molar-refractivity contribution in [3.63, 3.8) is 0 Å². The number of aryl methyl sites for hydroxylation is 1. The van der Waals surface area contributed by atoms with E-state index in [0.29, 0.717) is 0 Å². The van der Waals surface area contributed by atoms with Crippen LogP contribution in [-0.2, 0) is 6.54 Å². The molecule has 3 aromatic rings. The van der Waals surface area contributed by atoms with Crippen molar-refractivity contribution in [1.82, 2.24) is 19.4 Å². The molecule has 5 nitrogen and oxygen atoms in total. The zero-order valence-corrected chi connectivity index (χ0v) is 13.7. The van der Waals surface area contributed by atoms with Gasteiger partial charge in [-0.2, -0.15) is 0 Å². The molecule has 4 rings (SSSR count). The van der Waals surface area contributed by atoms with Gasteiger partial charge >= 0.3 is 0 Å². The van der Waals surface area contributed by atoms with Crippen LogP contribution in [0.25, 0.3) is 11.2 Å². The van der Waals surface area contributed by atoms with Crippen LogP contribution in [0.2, 0.25) is 0 Å². The average molecular weight is 320 g/mol. The molecule has 3 heterocycles. The van der Waals surface area contributed by atoms with Gasteiger partial charge in [0.25, 0.3) is 5.91 Å². The van der Waals surface area contributed by atoms with Gasteiger partial charge in [0.1, 0.15) is 11.3 Å². The number of likely N-dealkylation sites (tertiary alicyclic amines) is 1.